The zero-order valence-electron chi connectivity index (χ0n) is 10.7. The molecule has 17 heavy (non-hydrogen) atoms. The molecule has 0 amide bonds. The Bertz CT molecular complexity index is 377. The molecule has 0 bridgehead atoms. The maximum atomic E-state index is 11.6. The number of carbonyl (C=O) groups excluding carboxylic acids is 1. The van der Waals surface area contributed by atoms with E-state index in [0.29, 0.717) is 17.2 Å². The molecule has 0 aromatic carbocycles. The zero-order valence-corrected chi connectivity index (χ0v) is 11.5. The van der Waals surface area contributed by atoms with E-state index in [1.807, 2.05) is 6.07 Å². The first-order valence-corrected chi connectivity index (χ1v) is 6.77. The van der Waals surface area contributed by atoms with E-state index in [9.17, 15) is 4.79 Å². The summed E-state index contributed by atoms with van der Waals surface area (Å²) in [4.78, 5) is 14.4. The van der Waals surface area contributed by atoms with Crippen molar-refractivity contribution in [3.63, 3.8) is 0 Å². The van der Waals surface area contributed by atoms with E-state index >= 15 is 0 Å². The minimum atomic E-state index is -0.325. The van der Waals surface area contributed by atoms with Crippen LogP contribution in [0.1, 0.15) is 36.9 Å². The van der Waals surface area contributed by atoms with Gasteiger partial charge in [-0.1, -0.05) is 6.92 Å². The molecule has 0 aliphatic heterocycles. The van der Waals surface area contributed by atoms with Crippen molar-refractivity contribution in [2.24, 2.45) is 0 Å². The second-order valence-electron chi connectivity index (χ2n) is 3.67. The van der Waals surface area contributed by atoms with Crippen LogP contribution in [0.4, 0.5) is 10.7 Å². The van der Waals surface area contributed by atoms with Gasteiger partial charge in [-0.05, 0) is 26.3 Å². The van der Waals surface area contributed by atoms with Gasteiger partial charge in [-0.3, -0.25) is 0 Å². The fraction of sp³-hybridized carbons (Fsp3) is 0.583. The Balaban J connectivity index is 2.90. The zero-order chi connectivity index (χ0) is 12.8. The van der Waals surface area contributed by atoms with E-state index < -0.39 is 0 Å². The molecule has 0 aliphatic carbocycles. The predicted molar refractivity (Wildman–Crippen MR) is 72.9 cm³/mol. The minimum absolute atomic E-state index is 0.325. The van der Waals surface area contributed by atoms with Gasteiger partial charge in [0.2, 0.25) is 0 Å². The summed E-state index contributed by atoms with van der Waals surface area (Å²) in [6.07, 6.45) is 1.07. The fourth-order valence-electron chi connectivity index (χ4n) is 1.60. The number of anilines is 2. The molecule has 0 spiro atoms. The molecule has 0 radical (unpaired) electrons. The SMILES string of the molecule is CCCN(CC)c1cc(N)c(C(=O)OCC)s1. The number of hydrogen-bond donors (Lipinski definition) is 1. The van der Waals surface area contributed by atoms with E-state index in [2.05, 4.69) is 18.7 Å². The summed E-state index contributed by atoms with van der Waals surface area (Å²) in [7, 11) is 0. The lowest BCUT2D eigenvalue weighted by molar-refractivity contribution is 0.0533. The van der Waals surface area contributed by atoms with Crippen molar-refractivity contribution in [1.82, 2.24) is 0 Å². The van der Waals surface area contributed by atoms with Crippen molar-refractivity contribution in [1.29, 1.82) is 0 Å². The monoisotopic (exact) mass is 256 g/mol. The smallest absolute Gasteiger partial charge is 0.350 e. The summed E-state index contributed by atoms with van der Waals surface area (Å²) in [6.45, 7) is 8.27. The number of carbonyl (C=O) groups is 1. The van der Waals surface area contributed by atoms with E-state index in [1.54, 1.807) is 6.92 Å². The fourth-order valence-corrected chi connectivity index (χ4v) is 2.66. The van der Waals surface area contributed by atoms with Gasteiger partial charge in [0.05, 0.1) is 17.3 Å². The van der Waals surface area contributed by atoms with Crippen molar-refractivity contribution >= 4 is 28.0 Å². The van der Waals surface area contributed by atoms with Gasteiger partial charge in [-0.2, -0.15) is 0 Å². The van der Waals surface area contributed by atoms with Gasteiger partial charge in [-0.25, -0.2) is 4.79 Å². The van der Waals surface area contributed by atoms with Gasteiger partial charge in [0.25, 0.3) is 0 Å². The van der Waals surface area contributed by atoms with Crippen LogP contribution in [-0.4, -0.2) is 25.7 Å². The number of nitrogens with two attached hydrogens (primary N) is 1. The minimum Gasteiger partial charge on any atom is -0.462 e. The highest BCUT2D eigenvalue weighted by Crippen LogP contribution is 2.32. The molecule has 2 N–H and O–H groups in total. The standard InChI is InChI=1S/C12H20N2O2S/c1-4-7-14(5-2)10-8-9(13)11(17-10)12(15)16-6-3/h8H,4-7,13H2,1-3H3. The van der Waals surface area contributed by atoms with Gasteiger partial charge < -0.3 is 15.4 Å². The second kappa shape index (κ2) is 6.49. The van der Waals surface area contributed by atoms with E-state index in [0.717, 1.165) is 24.5 Å². The lowest BCUT2D eigenvalue weighted by atomic mass is 10.3. The van der Waals surface area contributed by atoms with Gasteiger partial charge in [0.15, 0.2) is 0 Å². The molecule has 5 heteroatoms. The number of thiophene rings is 1. The first-order valence-electron chi connectivity index (χ1n) is 5.95. The molecule has 0 atom stereocenters. The average Bonchev–Trinajstić information content (AvgIpc) is 2.68. The highest BCUT2D eigenvalue weighted by molar-refractivity contribution is 7.18. The lowest BCUT2D eigenvalue weighted by Gasteiger charge is -2.19. The molecule has 0 fully saturated rings. The summed E-state index contributed by atoms with van der Waals surface area (Å²) < 4.78 is 4.97. The third-order valence-electron chi connectivity index (χ3n) is 2.40. The molecule has 0 saturated carbocycles. The van der Waals surface area contributed by atoms with Crippen molar-refractivity contribution in [3.8, 4) is 0 Å². The molecule has 1 rings (SSSR count). The van der Waals surface area contributed by atoms with Gasteiger partial charge in [-0.15, -0.1) is 11.3 Å². The van der Waals surface area contributed by atoms with Crippen LogP contribution >= 0.6 is 11.3 Å². The maximum absolute atomic E-state index is 11.6. The van der Waals surface area contributed by atoms with Crippen LogP contribution in [0.25, 0.3) is 0 Å². The van der Waals surface area contributed by atoms with Gasteiger partial charge in [0, 0.05) is 13.1 Å². The highest BCUT2D eigenvalue weighted by Gasteiger charge is 2.17. The molecule has 1 aromatic heterocycles. The molecule has 1 aromatic rings. The molecular formula is C12H20N2O2S. The van der Waals surface area contributed by atoms with Crippen LogP contribution < -0.4 is 10.6 Å². The molecular weight excluding hydrogens is 236 g/mol. The van der Waals surface area contributed by atoms with E-state index in [-0.39, 0.29) is 5.97 Å². The van der Waals surface area contributed by atoms with Crippen molar-refractivity contribution in [3.05, 3.63) is 10.9 Å². The summed E-state index contributed by atoms with van der Waals surface area (Å²) >= 11 is 1.41. The van der Waals surface area contributed by atoms with Crippen molar-refractivity contribution in [2.75, 3.05) is 30.3 Å². The van der Waals surface area contributed by atoms with Crippen LogP contribution in [0.3, 0.4) is 0 Å². The van der Waals surface area contributed by atoms with E-state index in [1.165, 1.54) is 11.3 Å². The Morgan fingerprint density at radius 3 is 2.71 bits per heavy atom. The summed E-state index contributed by atoms with van der Waals surface area (Å²) in [5, 5.41) is 1.04. The molecule has 96 valence electrons. The Hall–Kier alpha value is -1.23. The highest BCUT2D eigenvalue weighted by atomic mass is 32.1. The van der Waals surface area contributed by atoms with Crippen LogP contribution in [-0.2, 0) is 4.74 Å². The predicted octanol–water partition coefficient (Wildman–Crippen LogP) is 2.74. The molecule has 4 nitrogen and oxygen atoms in total. The number of nitrogens with zero attached hydrogens (tertiary/aromatic N) is 1. The molecule has 0 aliphatic rings. The molecule has 0 saturated heterocycles. The van der Waals surface area contributed by atoms with E-state index in [4.69, 9.17) is 10.5 Å². The number of hydrogen-bond acceptors (Lipinski definition) is 5. The number of rotatable bonds is 6. The lowest BCUT2D eigenvalue weighted by Crippen LogP contribution is -2.22. The Kier molecular flexibility index (Phi) is 5.28. The first-order chi connectivity index (χ1) is 8.13. The van der Waals surface area contributed by atoms with Crippen LogP contribution in [0.2, 0.25) is 0 Å². The largest absolute Gasteiger partial charge is 0.462 e. The summed E-state index contributed by atoms with van der Waals surface area (Å²) in [5.41, 5.74) is 6.36. The van der Waals surface area contributed by atoms with Crippen molar-refractivity contribution in [2.45, 2.75) is 27.2 Å². The number of ether oxygens (including phenoxy) is 1. The number of esters is 1. The summed E-state index contributed by atoms with van der Waals surface area (Å²) in [5.74, 6) is -0.325. The molecule has 0 unspecified atom stereocenters. The Labute approximate surface area is 106 Å². The quantitative estimate of drug-likeness (QED) is 0.795. The Morgan fingerprint density at radius 1 is 1.47 bits per heavy atom. The maximum Gasteiger partial charge on any atom is 0.350 e. The van der Waals surface area contributed by atoms with Crippen LogP contribution in [0, 0.1) is 0 Å². The van der Waals surface area contributed by atoms with Gasteiger partial charge >= 0.3 is 5.97 Å². The normalized spacial score (nSPS) is 10.3. The average molecular weight is 256 g/mol. The third kappa shape index (κ3) is 3.36. The van der Waals surface area contributed by atoms with Crippen molar-refractivity contribution < 1.29 is 9.53 Å². The number of nitrogen functional groups attached to an aromatic ring is 1. The Morgan fingerprint density at radius 2 is 2.18 bits per heavy atom. The second-order valence-corrected chi connectivity index (χ2v) is 4.70. The summed E-state index contributed by atoms with van der Waals surface area (Å²) in [6, 6.07) is 1.86. The van der Waals surface area contributed by atoms with Gasteiger partial charge in [0.1, 0.15) is 4.88 Å². The van der Waals surface area contributed by atoms with Crippen LogP contribution in [0.15, 0.2) is 6.07 Å². The molecule has 1 heterocycles. The third-order valence-corrected chi connectivity index (χ3v) is 3.59. The topological polar surface area (TPSA) is 55.6 Å². The first kappa shape index (κ1) is 13.8. The van der Waals surface area contributed by atoms with Crippen LogP contribution in [0.5, 0.6) is 0 Å².